The lowest BCUT2D eigenvalue weighted by Gasteiger charge is -2.23. The Balaban J connectivity index is 1.47. The van der Waals surface area contributed by atoms with Gasteiger partial charge in [-0.05, 0) is 18.6 Å². The summed E-state index contributed by atoms with van der Waals surface area (Å²) in [5, 5.41) is 5.13. The average Bonchev–Trinajstić information content (AvgIpc) is 3.10. The molecule has 1 atom stereocenters. The Labute approximate surface area is 154 Å². The first kappa shape index (κ1) is 16.5. The molecule has 0 fully saturated rings. The number of cyclic esters (lactones) is 1. The van der Waals surface area contributed by atoms with E-state index >= 15 is 0 Å². The first-order valence-electron chi connectivity index (χ1n) is 8.22. The first-order chi connectivity index (χ1) is 12.6. The highest BCUT2D eigenvalue weighted by molar-refractivity contribution is 7.14. The maximum Gasteiger partial charge on any atom is 0.339 e. The van der Waals surface area contributed by atoms with Gasteiger partial charge in [0.25, 0.3) is 5.91 Å². The molecule has 2 aromatic carbocycles. The first-order valence-corrected chi connectivity index (χ1v) is 9.10. The maximum atomic E-state index is 12.5. The van der Waals surface area contributed by atoms with Crippen molar-refractivity contribution in [2.24, 2.45) is 0 Å². The fraction of sp³-hybridized carbons (Fsp3) is 0.150. The number of carbonyl (C=O) groups excluding carboxylic acids is 2. The number of esters is 1. The van der Waals surface area contributed by atoms with Crippen LogP contribution in [0.1, 0.15) is 21.5 Å². The van der Waals surface area contributed by atoms with E-state index in [2.05, 4.69) is 10.3 Å². The van der Waals surface area contributed by atoms with Gasteiger partial charge in [0.2, 0.25) is 0 Å². The van der Waals surface area contributed by atoms with E-state index in [-0.39, 0.29) is 5.91 Å². The van der Waals surface area contributed by atoms with Gasteiger partial charge >= 0.3 is 5.97 Å². The number of hydrogen-bond acceptors (Lipinski definition) is 5. The molecule has 1 N–H and O–H groups in total. The van der Waals surface area contributed by atoms with Gasteiger partial charge in [-0.2, -0.15) is 0 Å². The number of anilines is 1. The highest BCUT2D eigenvalue weighted by atomic mass is 32.1. The fourth-order valence-corrected chi connectivity index (χ4v) is 3.57. The lowest BCUT2D eigenvalue weighted by atomic mass is 9.98. The van der Waals surface area contributed by atoms with Crippen molar-refractivity contribution in [3.8, 4) is 11.3 Å². The standard InChI is InChI=1S/C20H16N2O3S/c1-12-6-8-13(9-7-12)16-11-26-20(21-16)22-18(23)17-10-14-4-2-3-5-15(14)19(24)25-17/h2-9,11,17H,10H2,1H3,(H,21,22,23)/t17-/m1/s1. The molecule has 1 aliphatic heterocycles. The SMILES string of the molecule is Cc1ccc(-c2csc(NC(=O)[C@H]3Cc4ccccc4C(=O)O3)n2)cc1. The molecule has 5 nitrogen and oxygen atoms in total. The molecule has 26 heavy (non-hydrogen) atoms. The van der Waals surface area contributed by atoms with Gasteiger partial charge in [-0.3, -0.25) is 10.1 Å². The van der Waals surface area contributed by atoms with Crippen LogP contribution in [-0.4, -0.2) is 23.0 Å². The van der Waals surface area contributed by atoms with E-state index in [1.165, 1.54) is 16.9 Å². The number of rotatable bonds is 3. The third kappa shape index (κ3) is 3.23. The van der Waals surface area contributed by atoms with Crippen LogP contribution < -0.4 is 5.32 Å². The molecule has 0 radical (unpaired) electrons. The van der Waals surface area contributed by atoms with Crippen LogP contribution in [-0.2, 0) is 16.0 Å². The Morgan fingerprint density at radius 2 is 1.96 bits per heavy atom. The van der Waals surface area contributed by atoms with E-state index in [0.29, 0.717) is 17.1 Å². The molecule has 2 heterocycles. The number of fused-ring (bicyclic) bond motifs is 1. The zero-order valence-corrected chi connectivity index (χ0v) is 14.9. The zero-order chi connectivity index (χ0) is 18.1. The van der Waals surface area contributed by atoms with E-state index < -0.39 is 12.1 Å². The minimum absolute atomic E-state index is 0.363. The number of hydrogen-bond donors (Lipinski definition) is 1. The summed E-state index contributed by atoms with van der Waals surface area (Å²) in [6, 6.07) is 15.2. The van der Waals surface area contributed by atoms with Gasteiger partial charge in [0.05, 0.1) is 11.3 Å². The number of ether oxygens (including phenoxy) is 1. The molecular formula is C20H16N2O3S. The van der Waals surface area contributed by atoms with Gasteiger partial charge in [-0.15, -0.1) is 11.3 Å². The minimum atomic E-state index is -0.843. The van der Waals surface area contributed by atoms with Crippen molar-refractivity contribution in [2.75, 3.05) is 5.32 Å². The molecule has 0 saturated carbocycles. The molecule has 1 aliphatic rings. The van der Waals surface area contributed by atoms with Crippen molar-refractivity contribution in [3.05, 3.63) is 70.6 Å². The maximum absolute atomic E-state index is 12.5. The summed E-state index contributed by atoms with van der Waals surface area (Å²) in [4.78, 5) is 29.0. The van der Waals surface area contributed by atoms with Crippen LogP contribution in [0, 0.1) is 6.92 Å². The smallest absolute Gasteiger partial charge is 0.339 e. The van der Waals surface area contributed by atoms with Crippen molar-refractivity contribution in [2.45, 2.75) is 19.4 Å². The Kier molecular flexibility index (Phi) is 4.26. The lowest BCUT2D eigenvalue weighted by molar-refractivity contribution is -0.125. The molecule has 130 valence electrons. The predicted octanol–water partition coefficient (Wildman–Crippen LogP) is 3.84. The molecular weight excluding hydrogens is 348 g/mol. The van der Waals surface area contributed by atoms with Gasteiger partial charge in [0, 0.05) is 17.4 Å². The second kappa shape index (κ2) is 6.72. The quantitative estimate of drug-likeness (QED) is 0.717. The van der Waals surface area contributed by atoms with Gasteiger partial charge < -0.3 is 4.74 Å². The van der Waals surface area contributed by atoms with Gasteiger partial charge in [0.15, 0.2) is 11.2 Å². The van der Waals surface area contributed by atoms with Gasteiger partial charge in [-0.1, -0.05) is 48.0 Å². The van der Waals surface area contributed by atoms with Gasteiger partial charge in [0.1, 0.15) is 0 Å². The Morgan fingerprint density at radius 3 is 2.77 bits per heavy atom. The monoisotopic (exact) mass is 364 g/mol. The van der Waals surface area contributed by atoms with Crippen LogP contribution in [0.4, 0.5) is 5.13 Å². The molecule has 1 amide bonds. The summed E-state index contributed by atoms with van der Waals surface area (Å²) in [5.74, 6) is -0.829. The number of nitrogens with zero attached hydrogens (tertiary/aromatic N) is 1. The molecule has 4 rings (SSSR count). The van der Waals surface area contributed by atoms with E-state index in [9.17, 15) is 9.59 Å². The third-order valence-corrected chi connectivity index (χ3v) is 5.02. The van der Waals surface area contributed by atoms with Crippen molar-refractivity contribution in [1.82, 2.24) is 4.98 Å². The summed E-state index contributed by atoms with van der Waals surface area (Å²) >= 11 is 1.34. The topological polar surface area (TPSA) is 68.3 Å². The number of aromatic nitrogens is 1. The lowest BCUT2D eigenvalue weighted by Crippen LogP contribution is -2.37. The van der Waals surface area contributed by atoms with E-state index in [0.717, 1.165) is 16.8 Å². The molecule has 0 saturated heterocycles. The Hall–Kier alpha value is -2.99. The summed E-state index contributed by atoms with van der Waals surface area (Å²) < 4.78 is 5.28. The van der Waals surface area contributed by atoms with Crippen LogP contribution in [0.5, 0.6) is 0 Å². The molecule has 0 unspecified atom stereocenters. The number of thiazole rings is 1. The zero-order valence-electron chi connectivity index (χ0n) is 14.1. The minimum Gasteiger partial charge on any atom is -0.448 e. The van der Waals surface area contributed by atoms with E-state index in [1.54, 1.807) is 12.1 Å². The summed E-state index contributed by atoms with van der Waals surface area (Å²) in [6.07, 6.45) is -0.478. The highest BCUT2D eigenvalue weighted by Gasteiger charge is 2.31. The number of amides is 1. The van der Waals surface area contributed by atoms with Crippen LogP contribution in [0.3, 0.4) is 0 Å². The van der Waals surface area contributed by atoms with Crippen LogP contribution in [0.2, 0.25) is 0 Å². The second-order valence-electron chi connectivity index (χ2n) is 6.15. The average molecular weight is 364 g/mol. The molecule has 0 bridgehead atoms. The predicted molar refractivity (Wildman–Crippen MR) is 100 cm³/mol. The number of benzene rings is 2. The van der Waals surface area contributed by atoms with Crippen molar-refractivity contribution >= 4 is 28.3 Å². The van der Waals surface area contributed by atoms with Crippen LogP contribution >= 0.6 is 11.3 Å². The normalized spacial score (nSPS) is 15.9. The van der Waals surface area contributed by atoms with Gasteiger partial charge in [-0.25, -0.2) is 9.78 Å². The molecule has 6 heteroatoms. The highest BCUT2D eigenvalue weighted by Crippen LogP contribution is 2.26. The van der Waals surface area contributed by atoms with Crippen LogP contribution in [0.25, 0.3) is 11.3 Å². The number of carbonyl (C=O) groups is 2. The molecule has 1 aromatic heterocycles. The Morgan fingerprint density at radius 1 is 1.19 bits per heavy atom. The molecule has 0 aliphatic carbocycles. The molecule has 0 spiro atoms. The van der Waals surface area contributed by atoms with Crippen molar-refractivity contribution in [1.29, 1.82) is 0 Å². The van der Waals surface area contributed by atoms with E-state index in [1.807, 2.05) is 48.7 Å². The Bertz CT molecular complexity index is 979. The number of aryl methyl sites for hydroxylation is 1. The largest absolute Gasteiger partial charge is 0.448 e. The van der Waals surface area contributed by atoms with Crippen molar-refractivity contribution in [3.63, 3.8) is 0 Å². The molecule has 3 aromatic rings. The summed E-state index contributed by atoms with van der Waals surface area (Å²) in [7, 11) is 0. The van der Waals surface area contributed by atoms with Crippen LogP contribution in [0.15, 0.2) is 53.9 Å². The second-order valence-corrected chi connectivity index (χ2v) is 7.01. The summed E-state index contributed by atoms with van der Waals surface area (Å²) in [6.45, 7) is 2.03. The fourth-order valence-electron chi connectivity index (χ4n) is 2.85. The van der Waals surface area contributed by atoms with E-state index in [4.69, 9.17) is 4.74 Å². The number of nitrogens with one attached hydrogen (secondary N) is 1. The summed E-state index contributed by atoms with van der Waals surface area (Å²) in [5.41, 5.74) is 4.31. The third-order valence-electron chi connectivity index (χ3n) is 4.27. The van der Waals surface area contributed by atoms with Crippen molar-refractivity contribution < 1.29 is 14.3 Å².